The van der Waals surface area contributed by atoms with Crippen LogP contribution >= 0.6 is 22.9 Å². The molecule has 1 aromatic heterocycles. The SMILES string of the molecule is CS(=O)c1ccc(C(=O)Nc2nc(-c3ccccc3Cl)cs2)cc1. The van der Waals surface area contributed by atoms with Gasteiger partial charge in [-0.05, 0) is 30.3 Å². The van der Waals surface area contributed by atoms with Gasteiger partial charge in [0.15, 0.2) is 5.13 Å². The van der Waals surface area contributed by atoms with Crippen molar-refractivity contribution >= 4 is 44.8 Å². The molecule has 122 valence electrons. The molecule has 1 unspecified atom stereocenters. The number of aromatic nitrogens is 1. The van der Waals surface area contributed by atoms with Crippen LogP contribution in [0.25, 0.3) is 11.3 Å². The molecule has 2 aromatic carbocycles. The lowest BCUT2D eigenvalue weighted by atomic mass is 10.2. The van der Waals surface area contributed by atoms with Crippen LogP contribution in [0.5, 0.6) is 0 Å². The van der Waals surface area contributed by atoms with E-state index in [9.17, 15) is 9.00 Å². The molecule has 0 aliphatic heterocycles. The summed E-state index contributed by atoms with van der Waals surface area (Å²) in [5, 5.41) is 5.73. The minimum Gasteiger partial charge on any atom is -0.298 e. The van der Waals surface area contributed by atoms with Crippen molar-refractivity contribution in [2.24, 2.45) is 0 Å². The second-order valence-corrected chi connectivity index (χ2v) is 7.60. The first kappa shape index (κ1) is 16.8. The Balaban J connectivity index is 1.76. The van der Waals surface area contributed by atoms with Gasteiger partial charge in [0.1, 0.15) is 0 Å². The summed E-state index contributed by atoms with van der Waals surface area (Å²) in [5.74, 6) is -0.261. The van der Waals surface area contributed by atoms with Crippen LogP contribution in [-0.2, 0) is 10.8 Å². The van der Waals surface area contributed by atoms with Crippen LogP contribution in [0.1, 0.15) is 10.4 Å². The van der Waals surface area contributed by atoms with Gasteiger partial charge in [-0.3, -0.25) is 14.3 Å². The van der Waals surface area contributed by atoms with Crippen LogP contribution in [0.4, 0.5) is 5.13 Å². The number of amides is 1. The number of rotatable bonds is 4. The molecule has 0 spiro atoms. The van der Waals surface area contributed by atoms with Gasteiger partial charge in [-0.25, -0.2) is 4.98 Å². The van der Waals surface area contributed by atoms with E-state index in [4.69, 9.17) is 11.6 Å². The molecule has 1 atom stereocenters. The predicted octanol–water partition coefficient (Wildman–Crippen LogP) is 4.45. The lowest BCUT2D eigenvalue weighted by Crippen LogP contribution is -2.11. The van der Waals surface area contributed by atoms with Crippen LogP contribution < -0.4 is 5.32 Å². The van der Waals surface area contributed by atoms with E-state index in [1.165, 1.54) is 11.3 Å². The first-order chi connectivity index (χ1) is 11.5. The number of anilines is 1. The average Bonchev–Trinajstić information content (AvgIpc) is 3.03. The molecule has 0 aliphatic rings. The highest BCUT2D eigenvalue weighted by atomic mass is 35.5. The van der Waals surface area contributed by atoms with Gasteiger partial charge in [-0.2, -0.15) is 0 Å². The second-order valence-electron chi connectivity index (χ2n) is 4.95. The maximum absolute atomic E-state index is 12.3. The van der Waals surface area contributed by atoms with Crippen molar-refractivity contribution in [2.75, 3.05) is 11.6 Å². The maximum atomic E-state index is 12.3. The van der Waals surface area contributed by atoms with Crippen molar-refractivity contribution in [1.82, 2.24) is 4.98 Å². The Labute approximate surface area is 151 Å². The number of nitrogens with one attached hydrogen (secondary N) is 1. The van der Waals surface area contributed by atoms with Crippen molar-refractivity contribution in [1.29, 1.82) is 0 Å². The van der Waals surface area contributed by atoms with Crippen LogP contribution in [0.2, 0.25) is 5.02 Å². The Bertz CT molecular complexity index is 907. The molecule has 4 nitrogen and oxygen atoms in total. The first-order valence-corrected chi connectivity index (χ1v) is 9.81. The third-order valence-electron chi connectivity index (χ3n) is 3.32. The van der Waals surface area contributed by atoms with E-state index in [1.54, 1.807) is 36.6 Å². The molecule has 0 saturated carbocycles. The standard InChI is InChI=1S/C17H13ClN2O2S2/c1-24(22)12-8-6-11(7-9-12)16(21)20-17-19-15(10-23-17)13-4-2-3-5-14(13)18/h2-10H,1H3,(H,19,20,21). The summed E-state index contributed by atoms with van der Waals surface area (Å²) < 4.78 is 11.4. The lowest BCUT2D eigenvalue weighted by Gasteiger charge is -2.03. The number of hydrogen-bond donors (Lipinski definition) is 1. The highest BCUT2D eigenvalue weighted by molar-refractivity contribution is 7.84. The Morgan fingerprint density at radius 3 is 2.54 bits per heavy atom. The maximum Gasteiger partial charge on any atom is 0.257 e. The fourth-order valence-electron chi connectivity index (χ4n) is 2.09. The molecule has 24 heavy (non-hydrogen) atoms. The van der Waals surface area contributed by atoms with Crippen LogP contribution in [0.15, 0.2) is 58.8 Å². The number of hydrogen-bond acceptors (Lipinski definition) is 4. The van der Waals surface area contributed by atoms with E-state index in [-0.39, 0.29) is 5.91 Å². The molecule has 0 fully saturated rings. The van der Waals surface area contributed by atoms with Gasteiger partial charge < -0.3 is 0 Å². The normalized spacial score (nSPS) is 11.9. The summed E-state index contributed by atoms with van der Waals surface area (Å²) in [6.07, 6.45) is 1.60. The van der Waals surface area contributed by atoms with Gasteiger partial charge in [0.2, 0.25) is 0 Å². The molecular formula is C17H13ClN2O2S2. The number of nitrogens with zero attached hydrogens (tertiary/aromatic N) is 1. The summed E-state index contributed by atoms with van der Waals surface area (Å²) >= 11 is 7.50. The quantitative estimate of drug-likeness (QED) is 0.731. The zero-order valence-corrected chi connectivity index (χ0v) is 15.0. The summed E-state index contributed by atoms with van der Waals surface area (Å²) in [4.78, 5) is 17.3. The van der Waals surface area contributed by atoms with E-state index in [0.717, 1.165) is 11.3 Å². The Morgan fingerprint density at radius 2 is 1.88 bits per heavy atom. The molecule has 3 aromatic rings. The topological polar surface area (TPSA) is 59.1 Å². The van der Waals surface area contributed by atoms with Crippen molar-refractivity contribution in [3.05, 3.63) is 64.5 Å². The molecule has 0 radical (unpaired) electrons. The van der Waals surface area contributed by atoms with E-state index in [0.29, 0.717) is 20.6 Å². The van der Waals surface area contributed by atoms with Crippen molar-refractivity contribution < 1.29 is 9.00 Å². The molecule has 0 bridgehead atoms. The van der Waals surface area contributed by atoms with Gasteiger partial charge in [0, 0.05) is 43.5 Å². The highest BCUT2D eigenvalue weighted by Crippen LogP contribution is 2.30. The van der Waals surface area contributed by atoms with Crippen molar-refractivity contribution in [2.45, 2.75) is 4.90 Å². The zero-order valence-electron chi connectivity index (χ0n) is 12.7. The van der Waals surface area contributed by atoms with Gasteiger partial charge in [-0.1, -0.05) is 29.8 Å². The Morgan fingerprint density at radius 1 is 1.17 bits per heavy atom. The number of benzene rings is 2. The van der Waals surface area contributed by atoms with Crippen LogP contribution in [-0.4, -0.2) is 21.4 Å². The summed E-state index contributed by atoms with van der Waals surface area (Å²) in [6.45, 7) is 0. The molecule has 0 saturated heterocycles. The number of halogens is 1. The lowest BCUT2D eigenvalue weighted by molar-refractivity contribution is 0.102. The highest BCUT2D eigenvalue weighted by Gasteiger charge is 2.11. The number of thiazole rings is 1. The molecule has 3 rings (SSSR count). The van der Waals surface area contributed by atoms with Gasteiger partial charge >= 0.3 is 0 Å². The van der Waals surface area contributed by atoms with E-state index in [2.05, 4.69) is 10.3 Å². The monoisotopic (exact) mass is 376 g/mol. The predicted molar refractivity (Wildman–Crippen MR) is 99.3 cm³/mol. The van der Waals surface area contributed by atoms with Gasteiger partial charge in [0.25, 0.3) is 5.91 Å². The number of carbonyl (C=O) groups excluding carboxylic acids is 1. The molecule has 0 aliphatic carbocycles. The molecule has 7 heteroatoms. The van der Waals surface area contributed by atoms with Crippen LogP contribution in [0, 0.1) is 0 Å². The molecule has 1 amide bonds. The first-order valence-electron chi connectivity index (χ1n) is 7.00. The van der Waals surface area contributed by atoms with E-state index >= 15 is 0 Å². The van der Waals surface area contributed by atoms with Crippen LogP contribution in [0.3, 0.4) is 0 Å². The second kappa shape index (κ2) is 7.25. The Kier molecular flexibility index (Phi) is 5.08. The minimum absolute atomic E-state index is 0.261. The Hall–Kier alpha value is -2.02. The van der Waals surface area contributed by atoms with Gasteiger partial charge in [-0.15, -0.1) is 11.3 Å². The minimum atomic E-state index is -1.06. The van der Waals surface area contributed by atoms with Crippen molar-refractivity contribution in [3.8, 4) is 11.3 Å². The fraction of sp³-hybridized carbons (Fsp3) is 0.0588. The summed E-state index contributed by atoms with van der Waals surface area (Å²) in [7, 11) is -1.06. The van der Waals surface area contributed by atoms with Crippen molar-refractivity contribution in [3.63, 3.8) is 0 Å². The zero-order chi connectivity index (χ0) is 17.1. The van der Waals surface area contributed by atoms with E-state index in [1.807, 2.05) is 23.6 Å². The fourth-order valence-corrected chi connectivity index (χ4v) is 3.55. The summed E-state index contributed by atoms with van der Waals surface area (Å²) in [6, 6.07) is 14.1. The summed E-state index contributed by atoms with van der Waals surface area (Å²) in [5.41, 5.74) is 2.03. The molecule has 1 N–H and O–H groups in total. The largest absolute Gasteiger partial charge is 0.298 e. The average molecular weight is 377 g/mol. The smallest absolute Gasteiger partial charge is 0.257 e. The van der Waals surface area contributed by atoms with E-state index < -0.39 is 10.8 Å². The third kappa shape index (κ3) is 3.72. The number of carbonyl (C=O) groups is 1. The van der Waals surface area contributed by atoms with Gasteiger partial charge in [0.05, 0.1) is 5.69 Å². The molecular weight excluding hydrogens is 364 g/mol. The third-order valence-corrected chi connectivity index (χ3v) is 5.35. The molecule has 1 heterocycles.